The van der Waals surface area contributed by atoms with Gasteiger partial charge in [0.05, 0.1) is 5.41 Å². The number of hydrogen-bond donors (Lipinski definition) is 2. The Morgan fingerprint density at radius 1 is 1.32 bits per heavy atom. The molecule has 1 aliphatic heterocycles. The lowest BCUT2D eigenvalue weighted by molar-refractivity contribution is -0.147. The highest BCUT2D eigenvalue weighted by Gasteiger charge is 2.42. The highest BCUT2D eigenvalue weighted by molar-refractivity contribution is 5.82. The number of rotatable bonds is 5. The fourth-order valence-corrected chi connectivity index (χ4v) is 3.34. The van der Waals surface area contributed by atoms with Crippen molar-refractivity contribution in [2.45, 2.75) is 58.4 Å². The summed E-state index contributed by atoms with van der Waals surface area (Å²) in [4.78, 5) is 37.1. The molecule has 0 bridgehead atoms. The molecule has 1 saturated heterocycles. The zero-order valence-corrected chi connectivity index (χ0v) is 13.4. The van der Waals surface area contributed by atoms with Crippen LogP contribution in [0.15, 0.2) is 0 Å². The van der Waals surface area contributed by atoms with E-state index in [1.54, 1.807) is 11.8 Å². The molecule has 124 valence electrons. The standard InChI is InChI=1S/C16H26N2O4/c1-11(17-14(20)12-5-3-4-6-12)9-13(19)18-8-7-16(2,10-18)15(21)22/h11-12H,3-10H2,1-2H3,(H,17,20)(H,21,22). The molecule has 2 rings (SSSR count). The zero-order chi connectivity index (χ0) is 16.3. The number of hydrogen-bond acceptors (Lipinski definition) is 3. The summed E-state index contributed by atoms with van der Waals surface area (Å²) in [7, 11) is 0. The van der Waals surface area contributed by atoms with Gasteiger partial charge in [-0.15, -0.1) is 0 Å². The zero-order valence-electron chi connectivity index (χ0n) is 13.4. The van der Waals surface area contributed by atoms with Crippen molar-refractivity contribution in [3.8, 4) is 0 Å². The van der Waals surface area contributed by atoms with Crippen molar-refractivity contribution in [3.63, 3.8) is 0 Å². The van der Waals surface area contributed by atoms with Gasteiger partial charge in [0, 0.05) is 31.5 Å². The average molecular weight is 310 g/mol. The van der Waals surface area contributed by atoms with Gasteiger partial charge in [-0.1, -0.05) is 12.8 Å². The molecule has 0 aromatic rings. The Labute approximate surface area is 131 Å². The second kappa shape index (κ2) is 6.67. The first-order chi connectivity index (χ1) is 10.3. The van der Waals surface area contributed by atoms with Gasteiger partial charge in [-0.3, -0.25) is 14.4 Å². The Morgan fingerprint density at radius 3 is 2.50 bits per heavy atom. The summed E-state index contributed by atoms with van der Waals surface area (Å²) in [6.45, 7) is 4.24. The minimum absolute atomic E-state index is 0.0506. The maximum absolute atomic E-state index is 12.3. The molecule has 2 aliphatic rings. The van der Waals surface area contributed by atoms with E-state index in [0.29, 0.717) is 13.0 Å². The van der Waals surface area contributed by atoms with Crippen LogP contribution in [0.2, 0.25) is 0 Å². The number of likely N-dealkylation sites (tertiary alicyclic amines) is 1. The molecule has 6 nitrogen and oxygen atoms in total. The van der Waals surface area contributed by atoms with E-state index in [4.69, 9.17) is 0 Å². The van der Waals surface area contributed by atoms with Crippen molar-refractivity contribution in [2.24, 2.45) is 11.3 Å². The van der Waals surface area contributed by atoms with Crippen molar-refractivity contribution in [1.82, 2.24) is 10.2 Å². The monoisotopic (exact) mass is 310 g/mol. The van der Waals surface area contributed by atoms with Gasteiger partial charge in [0.1, 0.15) is 0 Å². The largest absolute Gasteiger partial charge is 0.481 e. The van der Waals surface area contributed by atoms with Gasteiger partial charge < -0.3 is 15.3 Å². The maximum atomic E-state index is 12.3. The number of carboxylic acids is 1. The van der Waals surface area contributed by atoms with Crippen molar-refractivity contribution in [3.05, 3.63) is 0 Å². The first-order valence-electron chi connectivity index (χ1n) is 8.13. The fraction of sp³-hybridized carbons (Fsp3) is 0.812. The number of nitrogens with zero attached hydrogens (tertiary/aromatic N) is 1. The van der Waals surface area contributed by atoms with E-state index in [1.165, 1.54) is 0 Å². The van der Waals surface area contributed by atoms with Crippen LogP contribution in [0.4, 0.5) is 0 Å². The summed E-state index contributed by atoms with van der Waals surface area (Å²) >= 11 is 0. The second-order valence-corrected chi connectivity index (χ2v) is 7.03. The van der Waals surface area contributed by atoms with Crippen LogP contribution in [-0.4, -0.2) is 46.9 Å². The van der Waals surface area contributed by atoms with Crippen LogP contribution in [-0.2, 0) is 14.4 Å². The molecule has 1 aliphatic carbocycles. The van der Waals surface area contributed by atoms with Crippen molar-refractivity contribution in [2.75, 3.05) is 13.1 Å². The van der Waals surface area contributed by atoms with Gasteiger partial charge >= 0.3 is 5.97 Å². The molecule has 6 heteroatoms. The van der Waals surface area contributed by atoms with E-state index >= 15 is 0 Å². The van der Waals surface area contributed by atoms with Crippen LogP contribution in [0.3, 0.4) is 0 Å². The van der Waals surface area contributed by atoms with Crippen molar-refractivity contribution in [1.29, 1.82) is 0 Å². The lowest BCUT2D eigenvalue weighted by Gasteiger charge is -2.22. The molecule has 2 unspecified atom stereocenters. The van der Waals surface area contributed by atoms with Crippen LogP contribution in [0.1, 0.15) is 52.4 Å². The third-order valence-corrected chi connectivity index (χ3v) is 4.94. The normalized spacial score (nSPS) is 26.9. The summed E-state index contributed by atoms with van der Waals surface area (Å²) < 4.78 is 0. The first kappa shape index (κ1) is 16.8. The highest BCUT2D eigenvalue weighted by Crippen LogP contribution is 2.30. The Morgan fingerprint density at radius 2 is 1.95 bits per heavy atom. The summed E-state index contributed by atoms with van der Waals surface area (Å²) in [5.74, 6) is -0.788. The van der Waals surface area contributed by atoms with Crippen molar-refractivity contribution < 1.29 is 19.5 Å². The van der Waals surface area contributed by atoms with Crippen LogP contribution in [0.5, 0.6) is 0 Å². The van der Waals surface area contributed by atoms with E-state index in [2.05, 4.69) is 5.32 Å². The lowest BCUT2D eigenvalue weighted by atomic mass is 9.90. The van der Waals surface area contributed by atoms with Crippen LogP contribution >= 0.6 is 0 Å². The SMILES string of the molecule is CC(CC(=O)N1CCC(C)(C(=O)O)C1)NC(=O)C1CCCC1. The molecular formula is C16H26N2O4. The van der Waals surface area contributed by atoms with Crippen LogP contribution in [0.25, 0.3) is 0 Å². The van der Waals surface area contributed by atoms with E-state index in [0.717, 1.165) is 25.7 Å². The van der Waals surface area contributed by atoms with Gasteiger partial charge in [0.25, 0.3) is 0 Å². The first-order valence-corrected chi connectivity index (χ1v) is 8.13. The quantitative estimate of drug-likeness (QED) is 0.803. The predicted octanol–water partition coefficient (Wildman–Crippen LogP) is 1.39. The van der Waals surface area contributed by atoms with E-state index in [-0.39, 0.29) is 36.7 Å². The topological polar surface area (TPSA) is 86.7 Å². The Kier molecular flexibility index (Phi) is 5.08. The minimum Gasteiger partial charge on any atom is -0.481 e. The Bertz CT molecular complexity index is 459. The Hall–Kier alpha value is -1.59. The molecule has 0 aromatic heterocycles. The van der Waals surface area contributed by atoms with Crippen LogP contribution in [0, 0.1) is 11.3 Å². The number of carboxylic acid groups (broad SMARTS) is 1. The number of nitrogens with one attached hydrogen (secondary N) is 1. The molecule has 2 amide bonds. The molecule has 2 fully saturated rings. The molecule has 2 N–H and O–H groups in total. The molecule has 22 heavy (non-hydrogen) atoms. The van der Waals surface area contributed by atoms with E-state index < -0.39 is 11.4 Å². The van der Waals surface area contributed by atoms with E-state index in [1.807, 2.05) is 6.92 Å². The third kappa shape index (κ3) is 3.78. The summed E-state index contributed by atoms with van der Waals surface area (Å²) in [6.07, 6.45) is 4.80. The molecule has 0 aromatic carbocycles. The summed E-state index contributed by atoms with van der Waals surface area (Å²) in [5.41, 5.74) is -0.841. The molecule has 1 saturated carbocycles. The predicted molar refractivity (Wildman–Crippen MR) is 81.1 cm³/mol. The van der Waals surface area contributed by atoms with Gasteiger partial charge in [-0.25, -0.2) is 0 Å². The third-order valence-electron chi connectivity index (χ3n) is 4.94. The number of amides is 2. The summed E-state index contributed by atoms with van der Waals surface area (Å²) in [5, 5.41) is 12.1. The van der Waals surface area contributed by atoms with Gasteiger partial charge in [0.15, 0.2) is 0 Å². The number of carbonyl (C=O) groups is 3. The van der Waals surface area contributed by atoms with E-state index in [9.17, 15) is 19.5 Å². The molecular weight excluding hydrogens is 284 g/mol. The average Bonchev–Trinajstić information content (AvgIpc) is 3.08. The Balaban J connectivity index is 1.79. The van der Waals surface area contributed by atoms with Crippen molar-refractivity contribution >= 4 is 17.8 Å². The van der Waals surface area contributed by atoms with Gasteiger partial charge in [0.2, 0.25) is 11.8 Å². The highest BCUT2D eigenvalue weighted by atomic mass is 16.4. The molecule has 1 heterocycles. The van der Waals surface area contributed by atoms with Gasteiger partial charge in [-0.05, 0) is 33.1 Å². The lowest BCUT2D eigenvalue weighted by Crippen LogP contribution is -2.41. The van der Waals surface area contributed by atoms with Gasteiger partial charge in [-0.2, -0.15) is 0 Å². The number of aliphatic carboxylic acids is 1. The smallest absolute Gasteiger partial charge is 0.311 e. The maximum Gasteiger partial charge on any atom is 0.311 e. The van der Waals surface area contributed by atoms with Crippen LogP contribution < -0.4 is 5.32 Å². The molecule has 0 spiro atoms. The number of carbonyl (C=O) groups excluding carboxylic acids is 2. The fourth-order valence-electron chi connectivity index (χ4n) is 3.34. The summed E-state index contributed by atoms with van der Waals surface area (Å²) in [6, 6.07) is -0.211. The molecule has 0 radical (unpaired) electrons. The molecule has 2 atom stereocenters. The second-order valence-electron chi connectivity index (χ2n) is 7.03. The minimum atomic E-state index is -0.856.